The Labute approximate surface area is 94.2 Å². The Morgan fingerprint density at radius 2 is 2.07 bits per heavy atom. The number of rotatable bonds is 3. The van der Waals surface area contributed by atoms with E-state index in [-0.39, 0.29) is 11.5 Å². The molecule has 0 unspecified atom stereocenters. The Balaban J connectivity index is 1.90. The maximum atomic E-state index is 13.1. The lowest BCUT2D eigenvalue weighted by Crippen LogP contribution is -1.96. The molecule has 0 radical (unpaired) electrons. The van der Waals surface area contributed by atoms with Crippen LogP contribution in [0.2, 0.25) is 0 Å². The molecular weight excluding hydrogens is 209 g/mol. The Morgan fingerprint density at radius 1 is 1.33 bits per heavy atom. The first kappa shape index (κ1) is 10.8. The SMILES string of the molecule is Nc1ccc(SCC2CCCC2)cc1F. The van der Waals surface area contributed by atoms with Gasteiger partial charge in [0.2, 0.25) is 0 Å². The van der Waals surface area contributed by atoms with Gasteiger partial charge in [0.15, 0.2) is 0 Å². The van der Waals surface area contributed by atoms with Gasteiger partial charge in [-0.3, -0.25) is 0 Å². The predicted octanol–water partition coefficient (Wildman–Crippen LogP) is 3.69. The van der Waals surface area contributed by atoms with Crippen LogP contribution in [0.1, 0.15) is 25.7 Å². The van der Waals surface area contributed by atoms with Crippen LogP contribution in [-0.4, -0.2) is 5.75 Å². The predicted molar refractivity (Wildman–Crippen MR) is 63.5 cm³/mol. The summed E-state index contributed by atoms with van der Waals surface area (Å²) in [7, 11) is 0. The molecule has 0 spiro atoms. The summed E-state index contributed by atoms with van der Waals surface area (Å²) in [6.07, 6.45) is 5.40. The van der Waals surface area contributed by atoms with Crippen molar-refractivity contribution >= 4 is 17.4 Å². The van der Waals surface area contributed by atoms with Crippen LogP contribution >= 0.6 is 11.8 Å². The zero-order chi connectivity index (χ0) is 10.7. The van der Waals surface area contributed by atoms with Gasteiger partial charge in [-0.25, -0.2) is 4.39 Å². The number of hydrogen-bond acceptors (Lipinski definition) is 2. The minimum atomic E-state index is -0.300. The molecule has 3 heteroatoms. The zero-order valence-electron chi connectivity index (χ0n) is 8.71. The van der Waals surface area contributed by atoms with Gasteiger partial charge < -0.3 is 5.73 Å². The van der Waals surface area contributed by atoms with Crippen LogP contribution < -0.4 is 5.73 Å². The number of benzene rings is 1. The summed E-state index contributed by atoms with van der Waals surface area (Å²) in [6, 6.07) is 5.08. The highest BCUT2D eigenvalue weighted by atomic mass is 32.2. The van der Waals surface area contributed by atoms with Gasteiger partial charge >= 0.3 is 0 Å². The smallest absolute Gasteiger partial charge is 0.147 e. The van der Waals surface area contributed by atoms with Gasteiger partial charge in [0.05, 0.1) is 5.69 Å². The lowest BCUT2D eigenvalue weighted by molar-refractivity contribution is 0.621. The zero-order valence-corrected chi connectivity index (χ0v) is 9.52. The van der Waals surface area contributed by atoms with Crippen LogP contribution in [0.4, 0.5) is 10.1 Å². The molecule has 15 heavy (non-hydrogen) atoms. The summed E-state index contributed by atoms with van der Waals surface area (Å²) in [4.78, 5) is 0.994. The van der Waals surface area contributed by atoms with E-state index in [2.05, 4.69) is 0 Å². The standard InChI is InChI=1S/C12H16FNS/c13-11-7-10(5-6-12(11)14)15-8-9-3-1-2-4-9/h5-7,9H,1-4,8,14H2. The highest BCUT2D eigenvalue weighted by molar-refractivity contribution is 7.99. The molecular formula is C12H16FNS. The fraction of sp³-hybridized carbons (Fsp3) is 0.500. The highest BCUT2D eigenvalue weighted by Crippen LogP contribution is 2.31. The summed E-state index contributed by atoms with van der Waals surface area (Å²) in [6.45, 7) is 0. The maximum absolute atomic E-state index is 13.1. The van der Waals surface area contributed by atoms with Gasteiger partial charge in [-0.15, -0.1) is 11.8 Å². The second-order valence-corrected chi connectivity index (χ2v) is 5.24. The molecule has 1 saturated carbocycles. The second-order valence-electron chi connectivity index (χ2n) is 4.14. The van der Waals surface area contributed by atoms with Crippen molar-refractivity contribution in [3.8, 4) is 0 Å². The number of anilines is 1. The molecule has 0 atom stereocenters. The lowest BCUT2D eigenvalue weighted by Gasteiger charge is -2.08. The fourth-order valence-corrected chi connectivity index (χ4v) is 3.10. The van der Waals surface area contributed by atoms with Crippen LogP contribution in [0.3, 0.4) is 0 Å². The van der Waals surface area contributed by atoms with Crippen molar-refractivity contribution in [2.24, 2.45) is 5.92 Å². The lowest BCUT2D eigenvalue weighted by atomic mass is 10.1. The third kappa shape index (κ3) is 2.88. The van der Waals surface area contributed by atoms with Gasteiger partial charge in [-0.1, -0.05) is 12.8 Å². The van der Waals surface area contributed by atoms with E-state index in [0.29, 0.717) is 0 Å². The summed E-state index contributed by atoms with van der Waals surface area (Å²) in [5.41, 5.74) is 5.66. The van der Waals surface area contributed by atoms with Gasteiger partial charge in [-0.2, -0.15) is 0 Å². The van der Waals surface area contributed by atoms with E-state index < -0.39 is 0 Å². The van der Waals surface area contributed by atoms with Crippen LogP contribution in [0.5, 0.6) is 0 Å². The van der Waals surface area contributed by atoms with E-state index in [4.69, 9.17) is 5.73 Å². The quantitative estimate of drug-likeness (QED) is 0.627. The molecule has 2 N–H and O–H groups in total. The summed E-state index contributed by atoms with van der Waals surface area (Å²) in [5.74, 6) is 1.64. The number of thioether (sulfide) groups is 1. The highest BCUT2D eigenvalue weighted by Gasteiger charge is 2.15. The molecule has 0 heterocycles. The Morgan fingerprint density at radius 3 is 2.73 bits per heavy atom. The first-order valence-corrected chi connectivity index (χ1v) is 6.42. The topological polar surface area (TPSA) is 26.0 Å². The first-order valence-electron chi connectivity index (χ1n) is 5.43. The molecule has 1 aliphatic carbocycles. The molecule has 82 valence electrons. The van der Waals surface area contributed by atoms with Crippen molar-refractivity contribution < 1.29 is 4.39 Å². The van der Waals surface area contributed by atoms with Gasteiger partial charge in [0.1, 0.15) is 5.82 Å². The van der Waals surface area contributed by atoms with Crippen molar-refractivity contribution in [3.05, 3.63) is 24.0 Å². The van der Waals surface area contributed by atoms with Crippen molar-refractivity contribution in [2.75, 3.05) is 11.5 Å². The molecule has 0 amide bonds. The Hall–Kier alpha value is -0.700. The summed E-state index contributed by atoms with van der Waals surface area (Å²) >= 11 is 1.74. The average Bonchev–Trinajstić information content (AvgIpc) is 2.73. The number of nitrogens with two attached hydrogens (primary N) is 1. The fourth-order valence-electron chi connectivity index (χ4n) is 1.99. The third-order valence-electron chi connectivity index (χ3n) is 2.93. The summed E-state index contributed by atoms with van der Waals surface area (Å²) < 4.78 is 13.1. The number of hydrogen-bond donors (Lipinski definition) is 1. The average molecular weight is 225 g/mol. The molecule has 1 nitrogen and oxygen atoms in total. The third-order valence-corrected chi connectivity index (χ3v) is 4.16. The minimum Gasteiger partial charge on any atom is -0.396 e. The van der Waals surface area contributed by atoms with E-state index >= 15 is 0 Å². The van der Waals surface area contributed by atoms with Gasteiger partial charge in [0.25, 0.3) is 0 Å². The number of halogens is 1. The molecule has 1 aromatic carbocycles. The van der Waals surface area contributed by atoms with E-state index in [9.17, 15) is 4.39 Å². The van der Waals surface area contributed by atoms with E-state index in [1.54, 1.807) is 17.8 Å². The van der Waals surface area contributed by atoms with Crippen LogP contribution in [0.25, 0.3) is 0 Å². The van der Waals surface area contributed by atoms with Crippen molar-refractivity contribution in [1.29, 1.82) is 0 Å². The molecule has 0 aliphatic heterocycles. The monoisotopic (exact) mass is 225 g/mol. The van der Waals surface area contributed by atoms with E-state index in [1.807, 2.05) is 6.07 Å². The molecule has 2 rings (SSSR count). The van der Waals surface area contributed by atoms with Crippen LogP contribution in [0, 0.1) is 11.7 Å². The molecule has 0 bridgehead atoms. The number of nitrogen functional groups attached to an aromatic ring is 1. The van der Waals surface area contributed by atoms with Crippen molar-refractivity contribution in [2.45, 2.75) is 30.6 Å². The molecule has 1 aromatic rings. The molecule has 1 aliphatic rings. The largest absolute Gasteiger partial charge is 0.396 e. The van der Waals surface area contributed by atoms with E-state index in [0.717, 1.165) is 16.6 Å². The van der Waals surface area contributed by atoms with Gasteiger partial charge in [0, 0.05) is 10.6 Å². The minimum absolute atomic E-state index is 0.236. The van der Waals surface area contributed by atoms with Crippen LogP contribution in [0.15, 0.2) is 23.1 Å². The maximum Gasteiger partial charge on any atom is 0.147 e. The molecule has 0 saturated heterocycles. The second kappa shape index (κ2) is 4.88. The normalized spacial score (nSPS) is 17.1. The van der Waals surface area contributed by atoms with Crippen molar-refractivity contribution in [3.63, 3.8) is 0 Å². The molecule has 0 aromatic heterocycles. The van der Waals surface area contributed by atoms with Crippen LogP contribution in [-0.2, 0) is 0 Å². The summed E-state index contributed by atoms with van der Waals surface area (Å²) in [5, 5.41) is 0. The van der Waals surface area contributed by atoms with Gasteiger partial charge in [-0.05, 0) is 37.0 Å². The first-order chi connectivity index (χ1) is 7.25. The Kier molecular flexibility index (Phi) is 3.52. The molecule has 1 fully saturated rings. The Bertz CT molecular complexity index is 334. The van der Waals surface area contributed by atoms with Crippen molar-refractivity contribution in [1.82, 2.24) is 0 Å². The van der Waals surface area contributed by atoms with E-state index in [1.165, 1.54) is 31.7 Å².